The van der Waals surface area contributed by atoms with Crippen LogP contribution in [0.3, 0.4) is 0 Å². The molecule has 0 spiro atoms. The maximum Gasteiger partial charge on any atom is 0.171 e. The molecular formula is C25H18N6OS. The number of hydrogen-bond acceptors (Lipinski definition) is 5. The molecule has 0 saturated heterocycles. The topological polar surface area (TPSA) is 84.7 Å². The molecule has 0 saturated carbocycles. The lowest BCUT2D eigenvalue weighted by molar-refractivity contribution is 0.686. The van der Waals surface area contributed by atoms with Crippen molar-refractivity contribution in [1.82, 2.24) is 19.7 Å². The summed E-state index contributed by atoms with van der Waals surface area (Å²) >= 11 is 0. The number of benzene rings is 3. The van der Waals surface area contributed by atoms with Crippen molar-refractivity contribution in [1.29, 1.82) is 0 Å². The Kier molecular flexibility index (Phi) is 4.70. The van der Waals surface area contributed by atoms with Crippen LogP contribution < -0.4 is 10.0 Å². The van der Waals surface area contributed by atoms with Crippen LogP contribution in [-0.4, -0.2) is 24.0 Å². The average Bonchev–Trinajstić information content (AvgIpc) is 3.25. The van der Waals surface area contributed by atoms with Gasteiger partial charge in [-0.05, 0) is 60.7 Å². The molecule has 0 bridgehead atoms. The van der Waals surface area contributed by atoms with Gasteiger partial charge >= 0.3 is 0 Å². The lowest BCUT2D eigenvalue weighted by Gasteiger charge is -2.11. The van der Waals surface area contributed by atoms with E-state index >= 15 is 0 Å². The summed E-state index contributed by atoms with van der Waals surface area (Å²) in [5.41, 5.74) is 4.39. The van der Waals surface area contributed by atoms with Crippen molar-refractivity contribution in [3.8, 4) is 28.5 Å². The fourth-order valence-electron chi connectivity index (χ4n) is 3.86. The molecular weight excluding hydrogens is 432 g/mol. The van der Waals surface area contributed by atoms with Crippen LogP contribution in [0.2, 0.25) is 0 Å². The summed E-state index contributed by atoms with van der Waals surface area (Å²) in [6.07, 6.45) is 1.76. The zero-order valence-corrected chi connectivity index (χ0v) is 18.2. The zero-order valence-electron chi connectivity index (χ0n) is 17.3. The molecule has 1 unspecified atom stereocenters. The van der Waals surface area contributed by atoms with Gasteiger partial charge in [0.15, 0.2) is 17.5 Å². The van der Waals surface area contributed by atoms with E-state index < -0.39 is 11.0 Å². The van der Waals surface area contributed by atoms with Crippen molar-refractivity contribution in [3.63, 3.8) is 0 Å². The van der Waals surface area contributed by atoms with Gasteiger partial charge in [-0.2, -0.15) is 0 Å². The molecule has 2 aromatic heterocycles. The number of nitrogens with zero attached hydrogens (tertiary/aromatic N) is 4. The SMILES string of the molecule is O=S(Nc1ccc(-c2nnc3n2-c2cccnc2Nc2ccccc2-3)cc1)c1ccccc1. The summed E-state index contributed by atoms with van der Waals surface area (Å²) in [7, 11) is -1.34. The van der Waals surface area contributed by atoms with Crippen LogP contribution in [-0.2, 0) is 11.0 Å². The second-order valence-electron chi connectivity index (χ2n) is 7.49. The molecule has 7 nitrogen and oxygen atoms in total. The van der Waals surface area contributed by atoms with E-state index in [-0.39, 0.29) is 0 Å². The predicted molar refractivity (Wildman–Crippen MR) is 130 cm³/mol. The van der Waals surface area contributed by atoms with E-state index in [1.807, 2.05) is 95.6 Å². The molecule has 1 aliphatic heterocycles. The molecule has 1 atom stereocenters. The molecule has 2 N–H and O–H groups in total. The van der Waals surface area contributed by atoms with Crippen LogP contribution in [0, 0.1) is 0 Å². The highest BCUT2D eigenvalue weighted by Crippen LogP contribution is 2.39. The number of fused-ring (bicyclic) bond motifs is 5. The van der Waals surface area contributed by atoms with E-state index in [1.54, 1.807) is 6.20 Å². The molecule has 1 aliphatic rings. The van der Waals surface area contributed by atoms with Gasteiger partial charge in [0.1, 0.15) is 11.0 Å². The van der Waals surface area contributed by atoms with Gasteiger partial charge in [-0.25, -0.2) is 9.19 Å². The van der Waals surface area contributed by atoms with Gasteiger partial charge in [0.25, 0.3) is 0 Å². The first kappa shape index (κ1) is 19.4. The first-order valence-corrected chi connectivity index (χ1v) is 11.5. The third-order valence-electron chi connectivity index (χ3n) is 5.42. The second kappa shape index (κ2) is 7.99. The van der Waals surface area contributed by atoms with E-state index in [1.165, 1.54) is 0 Å². The van der Waals surface area contributed by atoms with Crippen LogP contribution >= 0.6 is 0 Å². The first-order chi connectivity index (χ1) is 16.3. The summed E-state index contributed by atoms with van der Waals surface area (Å²) < 4.78 is 17.6. The van der Waals surface area contributed by atoms with Crippen LogP contribution in [0.1, 0.15) is 0 Å². The highest BCUT2D eigenvalue weighted by Gasteiger charge is 2.24. The molecule has 6 rings (SSSR count). The second-order valence-corrected chi connectivity index (χ2v) is 8.70. The van der Waals surface area contributed by atoms with E-state index in [2.05, 4.69) is 25.2 Å². The zero-order chi connectivity index (χ0) is 22.2. The summed E-state index contributed by atoms with van der Waals surface area (Å²) in [5.74, 6) is 2.18. The van der Waals surface area contributed by atoms with E-state index in [0.29, 0.717) is 5.82 Å². The number of hydrogen-bond donors (Lipinski definition) is 2. The maximum absolute atomic E-state index is 12.6. The number of pyridine rings is 1. The number of nitrogens with one attached hydrogen (secondary N) is 2. The molecule has 33 heavy (non-hydrogen) atoms. The Balaban J connectivity index is 1.40. The average molecular weight is 451 g/mol. The number of para-hydroxylation sites is 1. The third-order valence-corrected chi connectivity index (χ3v) is 6.54. The molecule has 3 heterocycles. The Morgan fingerprint density at radius 3 is 2.39 bits per heavy atom. The van der Waals surface area contributed by atoms with E-state index in [4.69, 9.17) is 0 Å². The number of rotatable bonds is 4. The van der Waals surface area contributed by atoms with E-state index in [9.17, 15) is 4.21 Å². The minimum absolute atomic E-state index is 0.702. The van der Waals surface area contributed by atoms with Crippen LogP contribution in [0.5, 0.6) is 0 Å². The van der Waals surface area contributed by atoms with Gasteiger partial charge in [-0.1, -0.05) is 30.3 Å². The van der Waals surface area contributed by atoms with Gasteiger partial charge < -0.3 is 10.0 Å². The fraction of sp³-hybridized carbons (Fsp3) is 0. The Labute approximate surface area is 192 Å². The smallest absolute Gasteiger partial charge is 0.171 e. The van der Waals surface area contributed by atoms with Gasteiger partial charge in [0.2, 0.25) is 0 Å². The standard InChI is InChI=1S/C25H18N6OS/c32-33(19-7-2-1-3-8-19)30-18-14-12-17(13-15-18)24-28-29-25-20-9-4-5-10-21(20)27-23-22(31(24)25)11-6-16-26-23/h1-16,30H,(H,26,27). The molecule has 0 amide bonds. The summed E-state index contributed by atoms with van der Waals surface area (Å²) in [5, 5.41) is 12.5. The lowest BCUT2D eigenvalue weighted by Crippen LogP contribution is -2.04. The van der Waals surface area contributed by atoms with Crippen LogP contribution in [0.15, 0.2) is 102 Å². The molecule has 0 aliphatic carbocycles. The summed E-state index contributed by atoms with van der Waals surface area (Å²) in [4.78, 5) is 5.26. The van der Waals surface area contributed by atoms with Crippen molar-refractivity contribution in [2.75, 3.05) is 10.0 Å². The van der Waals surface area contributed by atoms with Gasteiger partial charge in [-0.3, -0.25) is 4.57 Å². The van der Waals surface area contributed by atoms with Crippen molar-refractivity contribution < 1.29 is 4.21 Å². The molecule has 0 radical (unpaired) electrons. The Morgan fingerprint density at radius 2 is 1.55 bits per heavy atom. The Bertz CT molecular complexity index is 1480. The van der Waals surface area contributed by atoms with Gasteiger partial charge in [-0.15, -0.1) is 10.2 Å². The van der Waals surface area contributed by atoms with Gasteiger partial charge in [0.05, 0.1) is 16.3 Å². The predicted octanol–water partition coefficient (Wildman–Crippen LogP) is 5.19. The lowest BCUT2D eigenvalue weighted by atomic mass is 10.1. The van der Waals surface area contributed by atoms with Crippen LogP contribution in [0.25, 0.3) is 28.5 Å². The minimum Gasteiger partial charge on any atom is -0.338 e. The van der Waals surface area contributed by atoms with Gasteiger partial charge in [0, 0.05) is 23.0 Å². The van der Waals surface area contributed by atoms with Crippen LogP contribution in [0.4, 0.5) is 17.2 Å². The highest BCUT2D eigenvalue weighted by atomic mass is 32.2. The molecule has 0 fully saturated rings. The molecule has 3 aromatic carbocycles. The Hall–Kier alpha value is -4.30. The van der Waals surface area contributed by atoms with Crippen molar-refractivity contribution >= 4 is 28.2 Å². The largest absolute Gasteiger partial charge is 0.338 e. The van der Waals surface area contributed by atoms with Crippen molar-refractivity contribution in [2.24, 2.45) is 0 Å². The summed E-state index contributed by atoms with van der Waals surface area (Å²) in [6, 6.07) is 28.9. The quantitative estimate of drug-likeness (QED) is 0.386. The number of anilines is 3. The monoisotopic (exact) mass is 450 g/mol. The molecule has 8 heteroatoms. The summed E-state index contributed by atoms with van der Waals surface area (Å²) in [6.45, 7) is 0. The van der Waals surface area contributed by atoms with E-state index in [0.717, 1.165) is 44.7 Å². The minimum atomic E-state index is -1.34. The Morgan fingerprint density at radius 1 is 0.788 bits per heavy atom. The normalized spacial score (nSPS) is 12.5. The first-order valence-electron chi connectivity index (χ1n) is 10.4. The maximum atomic E-state index is 12.6. The molecule has 5 aromatic rings. The highest BCUT2D eigenvalue weighted by molar-refractivity contribution is 7.86. The third kappa shape index (κ3) is 3.46. The number of aromatic nitrogens is 4. The molecule has 160 valence electrons. The fourth-order valence-corrected chi connectivity index (χ4v) is 4.73. The van der Waals surface area contributed by atoms with Crippen molar-refractivity contribution in [3.05, 3.63) is 97.2 Å². The van der Waals surface area contributed by atoms with Crippen molar-refractivity contribution in [2.45, 2.75) is 4.90 Å².